The predicted octanol–water partition coefficient (Wildman–Crippen LogP) is 6.49. The van der Waals surface area contributed by atoms with Crippen molar-refractivity contribution in [3.8, 4) is 5.75 Å². The highest BCUT2D eigenvalue weighted by Crippen LogP contribution is 2.42. The number of ether oxygens (including phenoxy) is 7. The first kappa shape index (κ1) is 40.9. The van der Waals surface area contributed by atoms with Gasteiger partial charge in [-0.2, -0.15) is 0 Å². The van der Waals surface area contributed by atoms with Crippen molar-refractivity contribution in [3.05, 3.63) is 54.1 Å². The van der Waals surface area contributed by atoms with Crippen LogP contribution in [0, 0.1) is 17.3 Å². The Morgan fingerprint density at radius 1 is 0.923 bits per heavy atom. The quantitative estimate of drug-likeness (QED) is 0.118. The van der Waals surface area contributed by atoms with Crippen LogP contribution in [0.4, 0.5) is 0 Å². The lowest BCUT2D eigenvalue weighted by molar-refractivity contribution is -0.277. The number of rotatable bonds is 15. The van der Waals surface area contributed by atoms with Crippen LogP contribution in [-0.4, -0.2) is 97.5 Å². The second kappa shape index (κ2) is 18.3. The van der Waals surface area contributed by atoms with Gasteiger partial charge in [0.1, 0.15) is 5.75 Å². The Morgan fingerprint density at radius 3 is 2.35 bits per heavy atom. The molecule has 10 nitrogen and oxygen atoms in total. The Bertz CT molecular complexity index is 1320. The predicted molar refractivity (Wildman–Crippen MR) is 198 cm³/mol. The van der Waals surface area contributed by atoms with Gasteiger partial charge < -0.3 is 43.4 Å². The van der Waals surface area contributed by atoms with Gasteiger partial charge in [0, 0.05) is 25.4 Å². The van der Waals surface area contributed by atoms with Gasteiger partial charge in [-0.1, -0.05) is 39.1 Å². The molecule has 292 valence electrons. The maximum Gasteiger partial charge on any atom is 0.311 e. The van der Waals surface area contributed by atoms with Gasteiger partial charge in [0.15, 0.2) is 0 Å². The van der Waals surface area contributed by atoms with E-state index in [1.807, 2.05) is 45.0 Å². The number of hydrogen-bond donors (Lipinski definition) is 2. The zero-order valence-electron chi connectivity index (χ0n) is 32.3. The molecule has 0 aromatic heterocycles. The van der Waals surface area contributed by atoms with E-state index in [4.69, 9.17) is 33.2 Å². The largest absolute Gasteiger partial charge is 0.497 e. The molecular weight excluding hydrogens is 664 g/mol. The number of aliphatic hydroxyl groups is 2. The summed E-state index contributed by atoms with van der Waals surface area (Å²) < 4.78 is 43.8. The lowest BCUT2D eigenvalue weighted by Gasteiger charge is -2.51. The van der Waals surface area contributed by atoms with Crippen LogP contribution < -0.4 is 4.74 Å². The van der Waals surface area contributed by atoms with Crippen molar-refractivity contribution >= 4 is 5.97 Å². The van der Waals surface area contributed by atoms with E-state index in [9.17, 15) is 15.0 Å². The lowest BCUT2D eigenvalue weighted by atomic mass is 9.79. The number of aliphatic hydroxyl groups excluding tert-OH is 2. The van der Waals surface area contributed by atoms with E-state index in [0.29, 0.717) is 32.5 Å². The topological polar surface area (TPSA) is 122 Å². The maximum absolute atomic E-state index is 12.1. The summed E-state index contributed by atoms with van der Waals surface area (Å²) in [4.78, 5) is 12.1. The summed E-state index contributed by atoms with van der Waals surface area (Å²) >= 11 is 0. The summed E-state index contributed by atoms with van der Waals surface area (Å²) in [5.74, 6) is 0.875. The normalized spacial score (nSPS) is 35.3. The van der Waals surface area contributed by atoms with E-state index >= 15 is 0 Å². The molecule has 8 unspecified atom stereocenters. The number of hydrogen-bond acceptors (Lipinski definition) is 10. The molecule has 4 fully saturated rings. The minimum Gasteiger partial charge on any atom is -0.497 e. The minimum absolute atomic E-state index is 0.00723. The van der Waals surface area contributed by atoms with Crippen LogP contribution >= 0.6 is 0 Å². The smallest absolute Gasteiger partial charge is 0.311 e. The Kier molecular flexibility index (Phi) is 14.4. The first-order valence-corrected chi connectivity index (χ1v) is 19.5. The van der Waals surface area contributed by atoms with E-state index in [1.165, 1.54) is 0 Å². The molecule has 0 bridgehead atoms. The average Bonchev–Trinajstić information content (AvgIpc) is 3.46. The standard InChI is InChI=1S/C42H64O10/c1-25-20-32(15-16-34-26(2)21-31(49-34)10-9-19-47-41(45)42(5,6)7)50-36(27(25)3)23-38-39(48-24-29-11-13-30(46-8)14-12-29)28(4)40-37(51-38)22-33(44)35(52-40)17-18-43/h11-14,25,28,31-40,43-44H,2-3,9-10,15-24H2,1,4-8H3/t25?,28-,31+,32?,33?,34+,35?,36?,37?,38+,39?,40?/m1/s1. The van der Waals surface area contributed by atoms with Crippen molar-refractivity contribution in [1.29, 1.82) is 0 Å². The van der Waals surface area contributed by atoms with E-state index in [1.54, 1.807) is 7.11 Å². The highest BCUT2D eigenvalue weighted by Gasteiger charge is 2.50. The second-order valence-electron chi connectivity index (χ2n) is 16.6. The summed E-state index contributed by atoms with van der Waals surface area (Å²) in [5.41, 5.74) is 2.72. The number of fused-ring (bicyclic) bond motifs is 1. The first-order chi connectivity index (χ1) is 24.8. The molecule has 0 saturated carbocycles. The van der Waals surface area contributed by atoms with Crippen molar-refractivity contribution in [2.45, 2.75) is 160 Å². The van der Waals surface area contributed by atoms with Crippen LogP contribution in [0.2, 0.25) is 0 Å². The van der Waals surface area contributed by atoms with E-state index in [2.05, 4.69) is 27.0 Å². The van der Waals surface area contributed by atoms with Gasteiger partial charge in [-0.05, 0) is 100 Å². The van der Waals surface area contributed by atoms with Gasteiger partial charge in [0.25, 0.3) is 0 Å². The molecular formula is C42H64O10. The molecule has 1 aromatic rings. The summed E-state index contributed by atoms with van der Waals surface area (Å²) in [7, 11) is 1.65. The molecule has 4 aliphatic rings. The first-order valence-electron chi connectivity index (χ1n) is 19.5. The Hall–Kier alpha value is -2.31. The minimum atomic E-state index is -0.707. The monoisotopic (exact) mass is 728 g/mol. The zero-order valence-corrected chi connectivity index (χ0v) is 32.3. The van der Waals surface area contributed by atoms with E-state index in [0.717, 1.165) is 61.0 Å². The summed E-state index contributed by atoms with van der Waals surface area (Å²) in [6.45, 7) is 19.5. The van der Waals surface area contributed by atoms with Crippen molar-refractivity contribution < 1.29 is 48.2 Å². The Morgan fingerprint density at radius 2 is 1.65 bits per heavy atom. The third-order valence-corrected chi connectivity index (χ3v) is 11.4. The molecule has 52 heavy (non-hydrogen) atoms. The van der Waals surface area contributed by atoms with Crippen molar-refractivity contribution in [1.82, 2.24) is 0 Å². The Labute approximate surface area is 311 Å². The number of methoxy groups -OCH3 is 1. The molecule has 0 aliphatic carbocycles. The lowest BCUT2D eigenvalue weighted by Crippen LogP contribution is -2.61. The highest BCUT2D eigenvalue weighted by atomic mass is 16.6. The fraction of sp³-hybridized carbons (Fsp3) is 0.738. The van der Waals surface area contributed by atoms with Gasteiger partial charge in [0.2, 0.25) is 0 Å². The van der Waals surface area contributed by atoms with E-state index in [-0.39, 0.29) is 73.2 Å². The fourth-order valence-electron chi connectivity index (χ4n) is 8.19. The van der Waals surface area contributed by atoms with E-state index < -0.39 is 17.6 Å². The average molecular weight is 729 g/mol. The number of carbonyl (C=O) groups is 1. The van der Waals surface area contributed by atoms with Gasteiger partial charge >= 0.3 is 5.97 Å². The van der Waals surface area contributed by atoms with Crippen LogP contribution in [-0.2, 0) is 39.8 Å². The number of carbonyl (C=O) groups excluding carboxylic acids is 1. The third kappa shape index (κ3) is 10.5. The molecule has 0 spiro atoms. The number of esters is 1. The third-order valence-electron chi connectivity index (χ3n) is 11.4. The van der Waals surface area contributed by atoms with Gasteiger partial charge in [-0.15, -0.1) is 0 Å². The van der Waals surface area contributed by atoms with Gasteiger partial charge in [-0.25, -0.2) is 0 Å². The van der Waals surface area contributed by atoms with Gasteiger partial charge in [0.05, 0.1) is 86.8 Å². The Balaban J connectivity index is 1.19. The second-order valence-corrected chi connectivity index (χ2v) is 16.6. The van der Waals surface area contributed by atoms with Crippen LogP contribution in [0.25, 0.3) is 0 Å². The molecule has 4 aliphatic heterocycles. The maximum atomic E-state index is 12.1. The van der Waals surface area contributed by atoms with Crippen molar-refractivity contribution in [3.63, 3.8) is 0 Å². The van der Waals surface area contributed by atoms with Crippen LogP contribution in [0.3, 0.4) is 0 Å². The molecule has 1 aromatic carbocycles. The summed E-state index contributed by atoms with van der Waals surface area (Å²) in [6, 6.07) is 7.87. The molecule has 0 amide bonds. The van der Waals surface area contributed by atoms with Crippen molar-refractivity contribution in [2.24, 2.45) is 17.3 Å². The number of benzene rings is 1. The van der Waals surface area contributed by atoms with Crippen LogP contribution in [0.5, 0.6) is 5.75 Å². The molecule has 2 N–H and O–H groups in total. The zero-order chi connectivity index (χ0) is 37.6. The van der Waals surface area contributed by atoms with Crippen LogP contribution in [0.1, 0.15) is 98.0 Å². The SMILES string of the molecule is C=C1C(C)CC(CC[C@@H]2O[C@@H](CCCOC(=O)C(C)(C)C)CC2=C)OC1C[C@@H]1OC2CC(O)C(CCO)OC2[C@H](C)C1OCc1ccc(OC)cc1. The molecule has 4 saturated heterocycles. The molecule has 0 radical (unpaired) electrons. The summed E-state index contributed by atoms with van der Waals surface area (Å²) in [5, 5.41) is 20.4. The van der Waals surface area contributed by atoms with Crippen LogP contribution in [0.15, 0.2) is 48.6 Å². The molecule has 12 atom stereocenters. The molecule has 4 heterocycles. The van der Waals surface area contributed by atoms with Gasteiger partial charge in [-0.3, -0.25) is 4.79 Å². The molecule has 5 rings (SSSR count). The molecule has 10 heteroatoms. The summed E-state index contributed by atoms with van der Waals surface area (Å²) in [6.07, 6.45) is 4.06. The fourth-order valence-corrected chi connectivity index (χ4v) is 8.19. The highest BCUT2D eigenvalue weighted by molar-refractivity contribution is 5.75. The van der Waals surface area contributed by atoms with Crippen molar-refractivity contribution in [2.75, 3.05) is 20.3 Å².